The zero-order valence-electron chi connectivity index (χ0n) is 22.1. The lowest BCUT2D eigenvalue weighted by Gasteiger charge is -2.43. The summed E-state index contributed by atoms with van der Waals surface area (Å²) in [6.45, 7) is 6.74. The van der Waals surface area contributed by atoms with E-state index in [1.54, 1.807) is 30.5 Å². The van der Waals surface area contributed by atoms with Gasteiger partial charge in [-0.25, -0.2) is 4.98 Å². The summed E-state index contributed by atoms with van der Waals surface area (Å²) in [7, 11) is 0. The monoisotopic (exact) mass is 584 g/mol. The second-order valence-corrected chi connectivity index (χ2v) is 11.1. The van der Waals surface area contributed by atoms with Crippen molar-refractivity contribution in [3.8, 4) is 0 Å². The molecule has 11 heteroatoms. The number of aromatic nitrogens is 1. The van der Waals surface area contributed by atoms with Gasteiger partial charge in [-0.3, -0.25) is 24.7 Å². The fraction of sp³-hybridized carbons (Fsp3) is 0.379. The normalized spacial score (nSPS) is 17.1. The first-order valence-corrected chi connectivity index (χ1v) is 14.2. The molecule has 1 N–H and O–H groups in total. The van der Waals surface area contributed by atoms with Gasteiger partial charge < -0.3 is 10.2 Å². The lowest BCUT2D eigenvalue weighted by atomic mass is 10.0. The van der Waals surface area contributed by atoms with Crippen molar-refractivity contribution in [1.82, 2.24) is 20.1 Å². The van der Waals surface area contributed by atoms with Crippen molar-refractivity contribution < 1.29 is 11.1 Å². The van der Waals surface area contributed by atoms with Crippen LogP contribution < -0.4 is 10.2 Å². The van der Waals surface area contributed by atoms with Crippen molar-refractivity contribution in [3.05, 3.63) is 97.6 Å². The van der Waals surface area contributed by atoms with E-state index in [1.807, 2.05) is 30.3 Å². The number of nitro benzene ring substituents is 1. The average molecular weight is 586 g/mol. The van der Waals surface area contributed by atoms with E-state index in [2.05, 4.69) is 25.0 Å². The van der Waals surface area contributed by atoms with E-state index in [0.29, 0.717) is 34.0 Å². The molecule has 1 amide bonds. The smallest absolute Gasteiger partial charge is 0.269 e. The summed E-state index contributed by atoms with van der Waals surface area (Å²) in [5.74, 6) is 0.483. The van der Waals surface area contributed by atoms with Crippen LogP contribution in [0.5, 0.6) is 0 Å². The lowest BCUT2D eigenvalue weighted by Crippen LogP contribution is -2.53. The number of nitrogens with one attached hydrogen (secondary N) is 1. The Hall–Kier alpha value is -3.24. The highest BCUT2D eigenvalue weighted by Gasteiger charge is 2.28. The molecule has 5 rings (SSSR count). The number of benzene rings is 2. The van der Waals surface area contributed by atoms with Crippen LogP contribution in [0.4, 0.5) is 11.5 Å². The van der Waals surface area contributed by atoms with E-state index in [0.717, 1.165) is 69.8 Å². The quantitative estimate of drug-likeness (QED) is 0.285. The summed E-state index contributed by atoms with van der Waals surface area (Å²) in [6.07, 6.45) is 3.79. The first-order valence-electron chi connectivity index (χ1n) is 13.5. The minimum Gasteiger partial charge on any atom is -0.353 e. The fourth-order valence-corrected chi connectivity index (χ4v) is 5.94. The summed E-state index contributed by atoms with van der Waals surface area (Å²) in [4.78, 5) is 34.9. The van der Waals surface area contributed by atoms with E-state index in [4.69, 9.17) is 23.2 Å². The summed E-state index contributed by atoms with van der Waals surface area (Å²) < 4.78 is 0. The average Bonchev–Trinajstić information content (AvgIpc) is 2.97. The maximum atomic E-state index is 12.6. The van der Waals surface area contributed by atoms with Crippen molar-refractivity contribution in [2.45, 2.75) is 32.0 Å². The summed E-state index contributed by atoms with van der Waals surface area (Å²) in [6, 6.07) is 16.5. The van der Waals surface area contributed by atoms with Crippen LogP contribution in [0, 0.1) is 10.1 Å². The van der Waals surface area contributed by atoms with E-state index < -0.39 is 0 Å². The van der Waals surface area contributed by atoms with Crippen LogP contribution in [0.3, 0.4) is 0 Å². The van der Waals surface area contributed by atoms with E-state index in [9.17, 15) is 14.9 Å². The van der Waals surface area contributed by atoms with Crippen LogP contribution in [-0.2, 0) is 13.1 Å². The van der Waals surface area contributed by atoms with Gasteiger partial charge >= 0.3 is 0 Å². The number of carbonyl (C=O) groups excluding carboxylic acids is 1. The molecule has 2 aliphatic rings. The number of halogens is 2. The van der Waals surface area contributed by atoms with Gasteiger partial charge in [-0.05, 0) is 55.3 Å². The van der Waals surface area contributed by atoms with Crippen LogP contribution in [-0.4, -0.2) is 70.9 Å². The molecule has 0 radical (unpaired) electrons. The number of likely N-dealkylation sites (tertiary alicyclic amines) is 1. The lowest BCUT2D eigenvalue weighted by molar-refractivity contribution is -0.384. The number of nitro groups is 1. The minimum absolute atomic E-state index is 0. The molecule has 2 aliphatic heterocycles. The molecule has 40 heavy (non-hydrogen) atoms. The zero-order chi connectivity index (χ0) is 28.1. The Balaban J connectivity index is 0.00000387. The number of rotatable bonds is 8. The van der Waals surface area contributed by atoms with Gasteiger partial charge in [0.1, 0.15) is 5.82 Å². The van der Waals surface area contributed by atoms with Gasteiger partial charge in [0, 0.05) is 70.1 Å². The van der Waals surface area contributed by atoms with Gasteiger partial charge in [-0.1, -0.05) is 47.5 Å². The van der Waals surface area contributed by atoms with Crippen molar-refractivity contribution in [2.24, 2.45) is 0 Å². The zero-order valence-corrected chi connectivity index (χ0v) is 23.7. The number of nitrogens with zero attached hydrogens (tertiary/aromatic N) is 5. The summed E-state index contributed by atoms with van der Waals surface area (Å²) in [5.41, 5.74) is 2.58. The Bertz CT molecular complexity index is 1350. The molecule has 1 aromatic heterocycles. The molecule has 0 bridgehead atoms. The van der Waals surface area contributed by atoms with Crippen LogP contribution in [0.25, 0.3) is 0 Å². The molecule has 9 nitrogen and oxygen atoms in total. The van der Waals surface area contributed by atoms with Gasteiger partial charge in [0.25, 0.3) is 11.6 Å². The van der Waals surface area contributed by atoms with Gasteiger partial charge in [-0.15, -0.1) is 0 Å². The van der Waals surface area contributed by atoms with Gasteiger partial charge in [0.05, 0.1) is 15.5 Å². The molecule has 0 atom stereocenters. The molecule has 212 valence electrons. The van der Waals surface area contributed by atoms with Crippen molar-refractivity contribution in [3.63, 3.8) is 0 Å². The van der Waals surface area contributed by atoms with Crippen molar-refractivity contribution in [2.75, 3.05) is 44.2 Å². The Morgan fingerprint density at radius 2 is 1.73 bits per heavy atom. The third-order valence-electron chi connectivity index (χ3n) is 7.67. The molecule has 3 aromatic rings. The standard InChI is InChI=1S/C29H32Cl2N6O3.H2/c30-24-3-1-2-22(16-24)18-33-29(38)23-17-27(31)28(32-19-23)36-14-12-35(13-15-36)25-8-10-34(11-9-25)20-21-4-6-26(7-5-21)37(39)40;/h1-7,16-17,19,25H,8-15,18,20H2,(H,33,38);1H. The molecule has 3 heterocycles. The van der Waals surface area contributed by atoms with Crippen LogP contribution in [0.2, 0.25) is 10.0 Å². The first kappa shape index (κ1) is 28.3. The van der Waals surface area contributed by atoms with Crippen LogP contribution >= 0.6 is 23.2 Å². The molecule has 2 saturated heterocycles. The fourth-order valence-electron chi connectivity index (χ4n) is 5.44. The number of carbonyl (C=O) groups is 1. The van der Waals surface area contributed by atoms with E-state index >= 15 is 0 Å². The number of hydrogen-bond donors (Lipinski definition) is 1. The predicted molar refractivity (Wildman–Crippen MR) is 159 cm³/mol. The van der Waals surface area contributed by atoms with E-state index in [-0.39, 0.29) is 17.9 Å². The molecule has 0 unspecified atom stereocenters. The molecular weight excluding hydrogens is 551 g/mol. The Morgan fingerprint density at radius 3 is 2.38 bits per heavy atom. The highest BCUT2D eigenvalue weighted by atomic mass is 35.5. The summed E-state index contributed by atoms with van der Waals surface area (Å²) in [5, 5.41) is 14.9. The van der Waals surface area contributed by atoms with Crippen LogP contribution in [0.15, 0.2) is 60.8 Å². The van der Waals surface area contributed by atoms with Gasteiger partial charge in [0.2, 0.25) is 0 Å². The van der Waals surface area contributed by atoms with Crippen molar-refractivity contribution in [1.29, 1.82) is 0 Å². The minimum atomic E-state index is -0.363. The molecule has 0 aliphatic carbocycles. The van der Waals surface area contributed by atoms with E-state index in [1.165, 1.54) is 0 Å². The summed E-state index contributed by atoms with van der Waals surface area (Å²) >= 11 is 12.6. The number of piperidine rings is 1. The second kappa shape index (κ2) is 13.0. The highest BCUT2D eigenvalue weighted by molar-refractivity contribution is 6.33. The predicted octanol–water partition coefficient (Wildman–Crippen LogP) is 5.26. The molecule has 0 saturated carbocycles. The SMILES string of the molecule is O=C(NCc1cccc(Cl)c1)c1cnc(N2CCN(C3CCN(Cc4ccc([N+](=O)[O-])cc4)CC3)CC2)c(Cl)c1.[HH]. The van der Waals surface area contributed by atoms with Crippen LogP contribution in [0.1, 0.15) is 35.8 Å². The van der Waals surface area contributed by atoms with Gasteiger partial charge in [-0.2, -0.15) is 0 Å². The topological polar surface area (TPSA) is 94.9 Å². The third-order valence-corrected chi connectivity index (χ3v) is 8.18. The number of amides is 1. The Morgan fingerprint density at radius 1 is 1.00 bits per heavy atom. The number of anilines is 1. The number of non-ortho nitro benzene ring substituents is 1. The maximum absolute atomic E-state index is 12.6. The molecule has 2 fully saturated rings. The second-order valence-electron chi connectivity index (χ2n) is 10.3. The first-order chi connectivity index (χ1) is 19.4. The Kier molecular flexibility index (Phi) is 9.16. The maximum Gasteiger partial charge on any atom is 0.269 e. The van der Waals surface area contributed by atoms with Gasteiger partial charge in [0.15, 0.2) is 0 Å². The number of pyridine rings is 1. The largest absolute Gasteiger partial charge is 0.353 e. The highest BCUT2D eigenvalue weighted by Crippen LogP contribution is 2.27. The van der Waals surface area contributed by atoms with Crippen molar-refractivity contribution >= 4 is 40.6 Å². The number of piperazine rings is 1. The number of hydrogen-bond acceptors (Lipinski definition) is 7. The third kappa shape index (κ3) is 7.09. The Labute approximate surface area is 245 Å². The molecular formula is C29H34Cl2N6O3. The molecule has 2 aromatic carbocycles. The molecule has 0 spiro atoms.